The molecule has 0 saturated heterocycles. The van der Waals surface area contributed by atoms with Crippen LogP contribution in [0.2, 0.25) is 0 Å². The van der Waals surface area contributed by atoms with Gasteiger partial charge >= 0.3 is 5.97 Å². The van der Waals surface area contributed by atoms with Crippen molar-refractivity contribution in [2.24, 2.45) is 0 Å². The first kappa shape index (κ1) is 16.9. The van der Waals surface area contributed by atoms with Crippen molar-refractivity contribution in [2.45, 2.75) is 32.4 Å². The molecule has 1 rings (SSSR count). The zero-order valence-corrected chi connectivity index (χ0v) is 12.0. The van der Waals surface area contributed by atoms with E-state index in [1.54, 1.807) is 6.92 Å². The molecule has 0 radical (unpaired) electrons. The normalized spacial score (nSPS) is 13.2. The number of esters is 1. The molecule has 2 atom stereocenters. The minimum atomic E-state index is -1.06. The molecule has 21 heavy (non-hydrogen) atoms. The molecule has 1 N–H and O–H groups in total. The highest BCUT2D eigenvalue weighted by molar-refractivity contribution is 5.81. The summed E-state index contributed by atoms with van der Waals surface area (Å²) in [6.45, 7) is 3.10. The second-order valence-electron chi connectivity index (χ2n) is 4.53. The summed E-state index contributed by atoms with van der Waals surface area (Å²) < 4.78 is 35.5. The smallest absolute Gasteiger partial charge is 0.307 e. The highest BCUT2D eigenvalue weighted by Gasteiger charge is 2.19. The molecular weight excluding hydrogens is 284 g/mol. The van der Waals surface area contributed by atoms with Crippen molar-refractivity contribution in [1.82, 2.24) is 5.32 Å². The van der Waals surface area contributed by atoms with Gasteiger partial charge in [0.25, 0.3) is 5.91 Å². The summed E-state index contributed by atoms with van der Waals surface area (Å²) >= 11 is 0. The standard InChI is InChI=1S/C14H17F2NO4/c1-8(6-13(18)20-3)17-14(19)9(2)21-10-4-5-11(15)12(16)7-10/h4-5,7-9H,6H2,1-3H3,(H,17,19)/t8-,9-/m0/s1. The number of nitrogens with one attached hydrogen (secondary N) is 1. The Labute approximate surface area is 121 Å². The third kappa shape index (κ3) is 5.37. The van der Waals surface area contributed by atoms with Crippen molar-refractivity contribution >= 4 is 11.9 Å². The molecule has 0 aliphatic heterocycles. The lowest BCUT2D eigenvalue weighted by Gasteiger charge is -2.18. The molecule has 0 spiro atoms. The van der Waals surface area contributed by atoms with E-state index in [2.05, 4.69) is 10.1 Å². The molecule has 5 nitrogen and oxygen atoms in total. The van der Waals surface area contributed by atoms with Gasteiger partial charge in [0, 0.05) is 12.1 Å². The Morgan fingerprint density at radius 2 is 1.90 bits per heavy atom. The van der Waals surface area contributed by atoms with E-state index < -0.39 is 35.7 Å². The maximum atomic E-state index is 13.0. The van der Waals surface area contributed by atoms with Crippen LogP contribution in [0.3, 0.4) is 0 Å². The molecular formula is C14H17F2NO4. The molecule has 1 amide bonds. The quantitative estimate of drug-likeness (QED) is 0.814. The van der Waals surface area contributed by atoms with Gasteiger partial charge in [-0.3, -0.25) is 9.59 Å². The monoisotopic (exact) mass is 301 g/mol. The van der Waals surface area contributed by atoms with Gasteiger partial charge in [-0.25, -0.2) is 8.78 Å². The molecule has 1 aromatic carbocycles. The van der Waals surface area contributed by atoms with E-state index in [-0.39, 0.29) is 12.2 Å². The van der Waals surface area contributed by atoms with Gasteiger partial charge in [-0.05, 0) is 26.0 Å². The van der Waals surface area contributed by atoms with Gasteiger partial charge in [0.1, 0.15) is 5.75 Å². The van der Waals surface area contributed by atoms with E-state index in [0.717, 1.165) is 12.1 Å². The van der Waals surface area contributed by atoms with E-state index in [0.29, 0.717) is 0 Å². The van der Waals surface area contributed by atoms with Crippen LogP contribution in [0.15, 0.2) is 18.2 Å². The molecule has 0 fully saturated rings. The maximum Gasteiger partial charge on any atom is 0.307 e. The molecule has 0 bridgehead atoms. The zero-order valence-electron chi connectivity index (χ0n) is 12.0. The van der Waals surface area contributed by atoms with Gasteiger partial charge in [0.05, 0.1) is 13.5 Å². The van der Waals surface area contributed by atoms with Gasteiger partial charge in [-0.1, -0.05) is 0 Å². The maximum absolute atomic E-state index is 13.0. The van der Waals surface area contributed by atoms with Crippen LogP contribution in [0.5, 0.6) is 5.75 Å². The van der Waals surface area contributed by atoms with Gasteiger partial charge in [-0.15, -0.1) is 0 Å². The average Bonchev–Trinajstić information content (AvgIpc) is 2.42. The highest BCUT2D eigenvalue weighted by Crippen LogP contribution is 2.16. The van der Waals surface area contributed by atoms with E-state index in [1.165, 1.54) is 20.1 Å². The van der Waals surface area contributed by atoms with Crippen LogP contribution in [0, 0.1) is 11.6 Å². The van der Waals surface area contributed by atoms with Crippen molar-refractivity contribution in [1.29, 1.82) is 0 Å². The number of methoxy groups -OCH3 is 1. The summed E-state index contributed by atoms with van der Waals surface area (Å²) in [6.07, 6.45) is -0.893. The Hall–Kier alpha value is -2.18. The number of ether oxygens (including phenoxy) is 2. The van der Waals surface area contributed by atoms with Crippen LogP contribution in [0.1, 0.15) is 20.3 Å². The average molecular weight is 301 g/mol. The predicted octanol–water partition coefficient (Wildman–Crippen LogP) is 1.80. The number of amides is 1. The first-order valence-electron chi connectivity index (χ1n) is 6.32. The first-order valence-corrected chi connectivity index (χ1v) is 6.32. The van der Waals surface area contributed by atoms with Gasteiger partial charge < -0.3 is 14.8 Å². The predicted molar refractivity (Wildman–Crippen MR) is 70.7 cm³/mol. The molecule has 0 aliphatic carbocycles. The first-order chi connectivity index (χ1) is 9.83. The summed E-state index contributed by atoms with van der Waals surface area (Å²) in [5.74, 6) is -2.93. The Morgan fingerprint density at radius 3 is 2.48 bits per heavy atom. The Kier molecular flexibility index (Phi) is 6.08. The summed E-state index contributed by atoms with van der Waals surface area (Å²) in [4.78, 5) is 22.9. The lowest BCUT2D eigenvalue weighted by Crippen LogP contribution is -2.42. The number of rotatable bonds is 6. The molecule has 116 valence electrons. The van der Waals surface area contributed by atoms with E-state index >= 15 is 0 Å². The Bertz CT molecular complexity index is 522. The van der Waals surface area contributed by atoms with Crippen LogP contribution in [-0.4, -0.2) is 31.1 Å². The van der Waals surface area contributed by atoms with Crippen LogP contribution in [0.25, 0.3) is 0 Å². The van der Waals surface area contributed by atoms with Crippen LogP contribution < -0.4 is 10.1 Å². The summed E-state index contributed by atoms with van der Waals surface area (Å²) in [6, 6.07) is 2.56. The molecule has 0 aliphatic rings. The van der Waals surface area contributed by atoms with Crippen molar-refractivity contribution < 1.29 is 27.8 Å². The lowest BCUT2D eigenvalue weighted by atomic mass is 10.2. The molecule has 0 saturated carbocycles. The minimum Gasteiger partial charge on any atom is -0.481 e. The number of carbonyl (C=O) groups excluding carboxylic acids is 2. The number of hydrogen-bond donors (Lipinski definition) is 1. The molecule has 7 heteroatoms. The van der Waals surface area contributed by atoms with Gasteiger partial charge in [0.2, 0.25) is 0 Å². The Morgan fingerprint density at radius 1 is 1.24 bits per heavy atom. The lowest BCUT2D eigenvalue weighted by molar-refractivity contribution is -0.141. The van der Waals surface area contributed by atoms with Crippen molar-refractivity contribution in [2.75, 3.05) is 7.11 Å². The molecule has 0 unspecified atom stereocenters. The second-order valence-corrected chi connectivity index (χ2v) is 4.53. The zero-order chi connectivity index (χ0) is 16.0. The highest BCUT2D eigenvalue weighted by atomic mass is 19.2. The molecule has 0 aromatic heterocycles. The van der Waals surface area contributed by atoms with Crippen molar-refractivity contribution in [3.8, 4) is 5.75 Å². The van der Waals surface area contributed by atoms with Gasteiger partial charge in [0.15, 0.2) is 17.7 Å². The number of hydrogen-bond acceptors (Lipinski definition) is 4. The number of benzene rings is 1. The van der Waals surface area contributed by atoms with Crippen LogP contribution in [0.4, 0.5) is 8.78 Å². The second kappa shape index (κ2) is 7.56. The third-order valence-corrected chi connectivity index (χ3v) is 2.66. The van der Waals surface area contributed by atoms with E-state index in [1.807, 2.05) is 0 Å². The fourth-order valence-electron chi connectivity index (χ4n) is 1.55. The number of carbonyl (C=O) groups is 2. The van der Waals surface area contributed by atoms with Crippen molar-refractivity contribution in [3.05, 3.63) is 29.8 Å². The number of halogens is 2. The van der Waals surface area contributed by atoms with Crippen LogP contribution >= 0.6 is 0 Å². The summed E-state index contributed by atoms with van der Waals surface area (Å²) in [5, 5.41) is 2.56. The van der Waals surface area contributed by atoms with Crippen LogP contribution in [-0.2, 0) is 14.3 Å². The third-order valence-electron chi connectivity index (χ3n) is 2.66. The molecule has 0 heterocycles. The SMILES string of the molecule is COC(=O)C[C@H](C)NC(=O)[C@H](C)Oc1ccc(F)c(F)c1. The van der Waals surface area contributed by atoms with Gasteiger partial charge in [-0.2, -0.15) is 0 Å². The largest absolute Gasteiger partial charge is 0.481 e. The summed E-state index contributed by atoms with van der Waals surface area (Å²) in [5.41, 5.74) is 0. The fourth-order valence-corrected chi connectivity index (χ4v) is 1.55. The summed E-state index contributed by atoms with van der Waals surface area (Å²) in [7, 11) is 1.26. The topological polar surface area (TPSA) is 64.6 Å². The fraction of sp³-hybridized carbons (Fsp3) is 0.429. The molecule has 1 aromatic rings. The van der Waals surface area contributed by atoms with Crippen molar-refractivity contribution in [3.63, 3.8) is 0 Å². The minimum absolute atomic E-state index is 0.0279. The van der Waals surface area contributed by atoms with E-state index in [9.17, 15) is 18.4 Å². The Balaban J connectivity index is 2.54. The van der Waals surface area contributed by atoms with E-state index in [4.69, 9.17) is 4.74 Å².